The van der Waals surface area contributed by atoms with Gasteiger partial charge in [-0.1, -0.05) is 54.1 Å². The number of carbonyl (C=O) groups excluding carboxylic acids is 1. The third-order valence-corrected chi connectivity index (χ3v) is 6.49. The number of fused-ring (bicyclic) bond motifs is 3. The molecule has 0 aliphatic carbocycles. The number of Topliss-reactive ketones (excluding diaryl/α,β-unsaturated/α-hetero) is 1. The summed E-state index contributed by atoms with van der Waals surface area (Å²) in [7, 11) is 0. The molecule has 0 spiro atoms. The lowest BCUT2D eigenvalue weighted by Crippen LogP contribution is -2.34. The molecule has 0 atom stereocenters. The van der Waals surface area contributed by atoms with E-state index in [-0.39, 0.29) is 5.78 Å². The highest BCUT2D eigenvalue weighted by atomic mass is 35.5. The lowest BCUT2D eigenvalue weighted by atomic mass is 9.98. The van der Waals surface area contributed by atoms with Crippen LogP contribution < -0.4 is 9.47 Å². The molecule has 0 N–H and O–H groups in total. The molecule has 3 aromatic carbocycles. The summed E-state index contributed by atoms with van der Waals surface area (Å²) in [5.74, 6) is 1.71. The first kappa shape index (κ1) is 20.8. The first-order chi connectivity index (χ1) is 15.5. The molecule has 5 heteroatoms. The molecule has 4 nitrogen and oxygen atoms in total. The van der Waals surface area contributed by atoms with E-state index < -0.39 is 0 Å². The van der Waals surface area contributed by atoms with Gasteiger partial charge < -0.3 is 9.47 Å². The highest BCUT2D eigenvalue weighted by Crippen LogP contribution is 2.44. The van der Waals surface area contributed by atoms with Gasteiger partial charge in [0.05, 0.1) is 11.1 Å². The van der Waals surface area contributed by atoms with Gasteiger partial charge in [-0.25, -0.2) is 0 Å². The largest absolute Gasteiger partial charge is 0.478 e. The van der Waals surface area contributed by atoms with Crippen molar-refractivity contribution in [2.45, 2.75) is 26.8 Å². The van der Waals surface area contributed by atoms with Crippen LogP contribution in [-0.4, -0.2) is 24.0 Å². The molecule has 2 heterocycles. The Morgan fingerprint density at radius 1 is 1.06 bits per heavy atom. The molecule has 0 unspecified atom stereocenters. The molecular weight excluding hydrogens is 422 g/mol. The predicted octanol–water partition coefficient (Wildman–Crippen LogP) is 5.97. The van der Waals surface area contributed by atoms with Gasteiger partial charge in [-0.2, -0.15) is 0 Å². The minimum Gasteiger partial charge on any atom is -0.478 e. The number of aryl methyl sites for hydroxylation is 2. The molecule has 0 saturated carbocycles. The third-order valence-electron chi connectivity index (χ3n) is 6.12. The molecule has 3 aromatic rings. The molecule has 0 amide bonds. The topological polar surface area (TPSA) is 38.8 Å². The minimum absolute atomic E-state index is 0.0725. The van der Waals surface area contributed by atoms with Crippen LogP contribution >= 0.6 is 11.6 Å². The normalized spacial score (nSPS) is 16.5. The van der Waals surface area contributed by atoms with E-state index in [1.165, 1.54) is 0 Å². The summed E-state index contributed by atoms with van der Waals surface area (Å²) >= 11 is 6.31. The van der Waals surface area contributed by atoms with E-state index in [1.807, 2.05) is 74.5 Å². The summed E-state index contributed by atoms with van der Waals surface area (Å²) in [5.41, 5.74) is 5.64. The predicted molar refractivity (Wildman–Crippen MR) is 126 cm³/mol. The number of ketones is 1. The van der Waals surface area contributed by atoms with E-state index in [0.717, 1.165) is 51.6 Å². The van der Waals surface area contributed by atoms with E-state index in [1.54, 1.807) is 0 Å². The van der Waals surface area contributed by atoms with Crippen molar-refractivity contribution in [2.75, 3.05) is 13.3 Å². The monoisotopic (exact) mass is 445 g/mol. The lowest BCUT2D eigenvalue weighted by Gasteiger charge is -2.30. The second-order valence-corrected chi connectivity index (χ2v) is 8.75. The van der Waals surface area contributed by atoms with Gasteiger partial charge in [0.2, 0.25) is 5.78 Å². The molecule has 0 bridgehead atoms. The molecule has 32 heavy (non-hydrogen) atoms. The van der Waals surface area contributed by atoms with E-state index >= 15 is 0 Å². The van der Waals surface area contributed by atoms with E-state index in [4.69, 9.17) is 21.1 Å². The molecule has 2 aliphatic heterocycles. The number of ether oxygens (including phenoxy) is 2. The van der Waals surface area contributed by atoms with Crippen LogP contribution in [0.25, 0.3) is 6.08 Å². The first-order valence-corrected chi connectivity index (χ1v) is 11.1. The number of allylic oxidation sites excluding steroid dienone is 1. The molecular formula is C27H24ClNO3. The number of hydrogen-bond acceptors (Lipinski definition) is 4. The van der Waals surface area contributed by atoms with E-state index in [9.17, 15) is 4.79 Å². The fourth-order valence-electron chi connectivity index (χ4n) is 4.29. The van der Waals surface area contributed by atoms with Gasteiger partial charge in [0.15, 0.2) is 5.76 Å². The van der Waals surface area contributed by atoms with Crippen LogP contribution in [0, 0.1) is 13.8 Å². The van der Waals surface area contributed by atoms with Crippen LogP contribution in [0.2, 0.25) is 5.02 Å². The zero-order chi connectivity index (χ0) is 22.2. The fraction of sp³-hybridized carbons (Fsp3) is 0.222. The van der Waals surface area contributed by atoms with Gasteiger partial charge in [-0.3, -0.25) is 9.69 Å². The Morgan fingerprint density at radius 2 is 1.84 bits per heavy atom. The Morgan fingerprint density at radius 3 is 2.66 bits per heavy atom. The van der Waals surface area contributed by atoms with Crippen molar-refractivity contribution in [3.63, 3.8) is 0 Å². The molecule has 0 aromatic heterocycles. The molecule has 0 radical (unpaired) electrons. The lowest BCUT2D eigenvalue weighted by molar-refractivity contribution is 0.0949. The van der Waals surface area contributed by atoms with Crippen molar-refractivity contribution in [3.8, 4) is 11.5 Å². The zero-order valence-corrected chi connectivity index (χ0v) is 18.9. The number of halogens is 1. The van der Waals surface area contributed by atoms with Crippen LogP contribution in [-0.2, 0) is 13.0 Å². The van der Waals surface area contributed by atoms with Crippen LogP contribution in [0.5, 0.6) is 11.5 Å². The standard InChI is InChI=1S/C27H24ClNO3/c1-17-7-3-4-9-20(17)14-24-26(30)25-18(2)13-23-21(27(25)32-24)15-29(16-31-23)12-11-19-8-5-6-10-22(19)28/h3-10,13-14H,11-12,15-16H2,1-2H3/b24-14-. The van der Waals surface area contributed by atoms with E-state index in [2.05, 4.69) is 4.90 Å². The summed E-state index contributed by atoms with van der Waals surface area (Å²) in [5, 5.41) is 0.780. The second-order valence-electron chi connectivity index (χ2n) is 8.34. The number of nitrogens with zero attached hydrogens (tertiary/aromatic N) is 1. The van der Waals surface area contributed by atoms with Gasteiger partial charge >= 0.3 is 0 Å². The maximum absolute atomic E-state index is 13.2. The summed E-state index contributed by atoms with van der Waals surface area (Å²) < 4.78 is 12.2. The number of benzene rings is 3. The van der Waals surface area contributed by atoms with Crippen molar-refractivity contribution >= 4 is 23.5 Å². The van der Waals surface area contributed by atoms with Crippen molar-refractivity contribution in [3.05, 3.63) is 98.8 Å². The number of rotatable bonds is 4. The van der Waals surface area contributed by atoms with Gasteiger partial charge in [0, 0.05) is 18.1 Å². The Balaban J connectivity index is 1.42. The Bertz CT molecular complexity index is 1250. The van der Waals surface area contributed by atoms with Gasteiger partial charge in [-0.05, 0) is 60.7 Å². The minimum atomic E-state index is -0.0725. The van der Waals surface area contributed by atoms with Crippen LogP contribution in [0.4, 0.5) is 0 Å². The molecule has 5 rings (SSSR count). The van der Waals surface area contributed by atoms with Gasteiger partial charge in [0.1, 0.15) is 18.2 Å². The summed E-state index contributed by atoms with van der Waals surface area (Å²) in [6.45, 7) is 5.91. The highest BCUT2D eigenvalue weighted by molar-refractivity contribution is 6.31. The summed E-state index contributed by atoms with van der Waals surface area (Å²) in [6.07, 6.45) is 2.66. The van der Waals surface area contributed by atoms with Crippen molar-refractivity contribution in [2.24, 2.45) is 0 Å². The van der Waals surface area contributed by atoms with Crippen molar-refractivity contribution in [1.82, 2.24) is 4.90 Å². The molecule has 2 aliphatic rings. The molecule has 162 valence electrons. The number of hydrogen-bond donors (Lipinski definition) is 0. The van der Waals surface area contributed by atoms with Crippen LogP contribution in [0.3, 0.4) is 0 Å². The second kappa shape index (κ2) is 8.45. The SMILES string of the molecule is Cc1ccccc1/C=C1\Oc2c3c(cc(C)c2C1=O)OCN(CCc1ccccc1Cl)C3. The average Bonchev–Trinajstić information content (AvgIpc) is 3.12. The Kier molecular flexibility index (Phi) is 5.50. The summed E-state index contributed by atoms with van der Waals surface area (Å²) in [4.78, 5) is 15.4. The zero-order valence-electron chi connectivity index (χ0n) is 18.2. The van der Waals surface area contributed by atoms with Crippen LogP contribution in [0.15, 0.2) is 60.4 Å². The molecule has 0 saturated heterocycles. The quantitative estimate of drug-likeness (QED) is 0.464. The average molecular weight is 446 g/mol. The maximum Gasteiger partial charge on any atom is 0.232 e. The maximum atomic E-state index is 13.2. The fourth-order valence-corrected chi connectivity index (χ4v) is 4.52. The smallest absolute Gasteiger partial charge is 0.232 e. The summed E-state index contributed by atoms with van der Waals surface area (Å²) in [6, 6.07) is 17.8. The third kappa shape index (κ3) is 3.81. The van der Waals surface area contributed by atoms with Gasteiger partial charge in [0.25, 0.3) is 0 Å². The van der Waals surface area contributed by atoms with Crippen LogP contribution in [0.1, 0.15) is 38.2 Å². The Labute approximate surface area is 193 Å². The molecule has 0 fully saturated rings. The Hall–Kier alpha value is -3.08. The number of carbonyl (C=O) groups is 1. The van der Waals surface area contributed by atoms with Gasteiger partial charge in [-0.15, -0.1) is 0 Å². The highest BCUT2D eigenvalue weighted by Gasteiger charge is 2.35. The van der Waals surface area contributed by atoms with Crippen molar-refractivity contribution < 1.29 is 14.3 Å². The van der Waals surface area contributed by atoms with E-state index in [0.29, 0.717) is 30.3 Å². The van der Waals surface area contributed by atoms with Crippen molar-refractivity contribution in [1.29, 1.82) is 0 Å². The first-order valence-electron chi connectivity index (χ1n) is 10.8.